The van der Waals surface area contributed by atoms with Crippen molar-refractivity contribution in [3.8, 4) is 0 Å². The largest absolute Gasteiger partial charge is 0.395 e. The van der Waals surface area contributed by atoms with Crippen molar-refractivity contribution in [1.29, 1.82) is 0 Å². The number of nitrogens with one attached hydrogen (secondary N) is 1. The number of rotatable bonds is 4. The molecule has 0 fully saturated rings. The first-order valence-corrected chi connectivity index (χ1v) is 4.98. The first kappa shape index (κ1) is 12.2. The summed E-state index contributed by atoms with van der Waals surface area (Å²) in [4.78, 5) is 0. The van der Waals surface area contributed by atoms with Crippen molar-refractivity contribution in [1.82, 2.24) is 0 Å². The molecule has 5 heteroatoms. The van der Waals surface area contributed by atoms with Gasteiger partial charge >= 0.3 is 0 Å². The fourth-order valence-corrected chi connectivity index (χ4v) is 1.37. The molecule has 1 rings (SSSR count). The Labute approximate surface area is 93.0 Å². The average molecular weight is 233 g/mol. The Bertz CT molecular complexity index is 346. The summed E-state index contributed by atoms with van der Waals surface area (Å²) in [5, 5.41) is 12.0. The van der Waals surface area contributed by atoms with Crippen molar-refractivity contribution in [3.05, 3.63) is 28.5 Å². The lowest BCUT2D eigenvalue weighted by molar-refractivity contribution is 0.270. The van der Waals surface area contributed by atoms with Crippen LogP contribution in [0.3, 0.4) is 0 Å². The lowest BCUT2D eigenvalue weighted by atomic mass is 10.2. The Morgan fingerprint density at radius 3 is 2.87 bits per heavy atom. The highest BCUT2D eigenvalue weighted by Gasteiger charge is 2.06. The van der Waals surface area contributed by atoms with Crippen LogP contribution in [0, 0.1) is 12.7 Å². The molecule has 0 aliphatic carbocycles. The molecular weight excluding hydrogens is 219 g/mol. The highest BCUT2D eigenvalue weighted by Crippen LogP contribution is 2.24. The maximum atomic E-state index is 13.2. The van der Waals surface area contributed by atoms with Crippen molar-refractivity contribution in [2.24, 2.45) is 5.73 Å². The topological polar surface area (TPSA) is 58.3 Å². The van der Waals surface area contributed by atoms with Gasteiger partial charge in [0.2, 0.25) is 0 Å². The van der Waals surface area contributed by atoms with Crippen LogP contribution in [0.25, 0.3) is 0 Å². The van der Waals surface area contributed by atoms with Gasteiger partial charge in [0.25, 0.3) is 0 Å². The van der Waals surface area contributed by atoms with Crippen LogP contribution in [0.2, 0.25) is 5.02 Å². The summed E-state index contributed by atoms with van der Waals surface area (Å²) < 4.78 is 13.2. The Kier molecular flexibility index (Phi) is 4.32. The molecule has 15 heavy (non-hydrogen) atoms. The van der Waals surface area contributed by atoms with Gasteiger partial charge in [0.15, 0.2) is 0 Å². The number of hydrogen-bond donors (Lipinski definition) is 3. The quantitative estimate of drug-likeness (QED) is 0.738. The fourth-order valence-electron chi connectivity index (χ4n) is 1.09. The molecule has 0 saturated heterocycles. The molecule has 1 aromatic carbocycles. The summed E-state index contributed by atoms with van der Waals surface area (Å²) in [5.74, 6) is -0.320. The van der Waals surface area contributed by atoms with Gasteiger partial charge in [-0.3, -0.25) is 0 Å². The van der Waals surface area contributed by atoms with Crippen LogP contribution in [0.15, 0.2) is 12.1 Å². The predicted octanol–water partition coefficient (Wildman–Crippen LogP) is 1.52. The van der Waals surface area contributed by atoms with Crippen molar-refractivity contribution in [2.45, 2.75) is 13.0 Å². The van der Waals surface area contributed by atoms with Crippen LogP contribution >= 0.6 is 11.6 Å². The average Bonchev–Trinajstić information content (AvgIpc) is 2.21. The molecule has 4 N–H and O–H groups in total. The number of hydrogen-bond acceptors (Lipinski definition) is 3. The van der Waals surface area contributed by atoms with E-state index in [1.807, 2.05) is 0 Å². The molecule has 0 aliphatic heterocycles. The fraction of sp³-hybridized carbons (Fsp3) is 0.400. The third-order valence-electron chi connectivity index (χ3n) is 2.04. The second-order valence-corrected chi connectivity index (χ2v) is 3.81. The second-order valence-electron chi connectivity index (χ2n) is 3.40. The molecule has 1 atom stereocenters. The standard InChI is InChI=1S/C10H14ClFN2O/c1-6-2-8(11)10(3-9(6)12)14-4-7(13)5-15/h2-3,7,14-15H,4-5,13H2,1H3. The minimum Gasteiger partial charge on any atom is -0.395 e. The van der Waals surface area contributed by atoms with Crippen molar-refractivity contribution in [2.75, 3.05) is 18.5 Å². The molecule has 0 heterocycles. The van der Waals surface area contributed by atoms with E-state index in [1.165, 1.54) is 6.07 Å². The van der Waals surface area contributed by atoms with Gasteiger partial charge in [-0.2, -0.15) is 0 Å². The zero-order valence-corrected chi connectivity index (χ0v) is 9.18. The zero-order valence-electron chi connectivity index (χ0n) is 8.43. The van der Waals surface area contributed by atoms with Gasteiger partial charge in [-0.15, -0.1) is 0 Å². The molecule has 0 spiro atoms. The molecule has 84 valence electrons. The maximum absolute atomic E-state index is 13.2. The van der Waals surface area contributed by atoms with Gasteiger partial charge < -0.3 is 16.2 Å². The second kappa shape index (κ2) is 5.30. The molecule has 0 aromatic heterocycles. The van der Waals surface area contributed by atoms with Crippen LogP contribution in [0.1, 0.15) is 5.56 Å². The van der Waals surface area contributed by atoms with Crippen LogP contribution in [0.4, 0.5) is 10.1 Å². The van der Waals surface area contributed by atoms with E-state index in [2.05, 4.69) is 5.32 Å². The normalized spacial score (nSPS) is 12.6. The SMILES string of the molecule is Cc1cc(Cl)c(NCC(N)CO)cc1F. The van der Waals surface area contributed by atoms with Gasteiger partial charge in [-0.05, 0) is 24.6 Å². The third-order valence-corrected chi connectivity index (χ3v) is 2.35. The van der Waals surface area contributed by atoms with Crippen LogP contribution in [-0.4, -0.2) is 24.3 Å². The van der Waals surface area contributed by atoms with E-state index >= 15 is 0 Å². The van der Waals surface area contributed by atoms with Gasteiger partial charge in [0.05, 0.1) is 17.3 Å². The highest BCUT2D eigenvalue weighted by molar-refractivity contribution is 6.33. The number of aliphatic hydroxyl groups excluding tert-OH is 1. The summed E-state index contributed by atoms with van der Waals surface area (Å²) in [6.45, 7) is 1.86. The lowest BCUT2D eigenvalue weighted by Crippen LogP contribution is -2.32. The van der Waals surface area contributed by atoms with Crippen molar-refractivity contribution in [3.63, 3.8) is 0 Å². The van der Waals surface area contributed by atoms with E-state index in [0.717, 1.165) is 0 Å². The molecular formula is C10H14ClFN2O. The Balaban J connectivity index is 2.73. The minimum absolute atomic E-state index is 0.126. The van der Waals surface area contributed by atoms with E-state index in [0.29, 0.717) is 22.8 Å². The monoisotopic (exact) mass is 232 g/mol. The van der Waals surface area contributed by atoms with Gasteiger partial charge in [-0.1, -0.05) is 11.6 Å². The third kappa shape index (κ3) is 3.34. The molecule has 3 nitrogen and oxygen atoms in total. The molecule has 0 aliphatic rings. The van der Waals surface area contributed by atoms with E-state index in [-0.39, 0.29) is 18.5 Å². The predicted molar refractivity (Wildman–Crippen MR) is 59.7 cm³/mol. The number of aryl methyl sites for hydroxylation is 1. The molecule has 1 aromatic rings. The van der Waals surface area contributed by atoms with Crippen molar-refractivity contribution < 1.29 is 9.50 Å². The Hall–Kier alpha value is -0.840. The van der Waals surface area contributed by atoms with E-state index in [4.69, 9.17) is 22.4 Å². The minimum atomic E-state index is -0.384. The molecule has 0 bridgehead atoms. The Morgan fingerprint density at radius 2 is 2.27 bits per heavy atom. The summed E-state index contributed by atoms with van der Waals surface area (Å²) in [5.41, 5.74) is 6.48. The lowest BCUT2D eigenvalue weighted by Gasteiger charge is -2.13. The zero-order chi connectivity index (χ0) is 11.4. The van der Waals surface area contributed by atoms with E-state index < -0.39 is 0 Å². The first-order valence-electron chi connectivity index (χ1n) is 4.60. The van der Waals surface area contributed by atoms with Crippen molar-refractivity contribution >= 4 is 17.3 Å². The van der Waals surface area contributed by atoms with E-state index in [1.54, 1.807) is 13.0 Å². The molecule has 0 amide bonds. The number of halogens is 2. The summed E-state index contributed by atoms with van der Waals surface area (Å²) in [7, 11) is 0. The van der Waals surface area contributed by atoms with Gasteiger partial charge in [0, 0.05) is 12.6 Å². The highest BCUT2D eigenvalue weighted by atomic mass is 35.5. The molecule has 0 saturated carbocycles. The molecule has 0 radical (unpaired) electrons. The van der Waals surface area contributed by atoms with Gasteiger partial charge in [-0.25, -0.2) is 4.39 Å². The Morgan fingerprint density at radius 1 is 1.60 bits per heavy atom. The summed E-state index contributed by atoms with van der Waals surface area (Å²) in [6.07, 6.45) is 0. The first-order chi connectivity index (χ1) is 7.04. The maximum Gasteiger partial charge on any atom is 0.128 e. The summed E-state index contributed by atoms with van der Waals surface area (Å²) >= 11 is 5.90. The van der Waals surface area contributed by atoms with E-state index in [9.17, 15) is 4.39 Å². The number of aliphatic hydroxyl groups is 1. The van der Waals surface area contributed by atoms with Crippen LogP contribution < -0.4 is 11.1 Å². The number of anilines is 1. The summed E-state index contributed by atoms with van der Waals surface area (Å²) in [6, 6.07) is 2.48. The molecule has 1 unspecified atom stereocenters. The number of nitrogens with two attached hydrogens (primary N) is 1. The smallest absolute Gasteiger partial charge is 0.128 e. The van der Waals surface area contributed by atoms with Gasteiger partial charge in [0.1, 0.15) is 5.82 Å². The van der Waals surface area contributed by atoms with Crippen LogP contribution in [0.5, 0.6) is 0 Å². The number of benzene rings is 1. The van der Waals surface area contributed by atoms with Crippen LogP contribution in [-0.2, 0) is 0 Å².